The molecule has 230 valence electrons. The maximum Gasteiger partial charge on any atom is 0.143 e. The van der Waals surface area contributed by atoms with Gasteiger partial charge in [0.15, 0.2) is 0 Å². The van der Waals surface area contributed by atoms with Gasteiger partial charge in [0, 0.05) is 42.9 Å². The molecule has 0 aliphatic carbocycles. The van der Waals surface area contributed by atoms with E-state index in [1.54, 1.807) is 0 Å². The second-order valence-electron chi connectivity index (χ2n) is 12.5. The number of furan rings is 1. The number of anilines is 3. The molecule has 2 nitrogen and oxygen atoms in total. The lowest BCUT2D eigenvalue weighted by Gasteiger charge is -2.28. The summed E-state index contributed by atoms with van der Waals surface area (Å²) >= 11 is 1.86. The molecule has 0 saturated heterocycles. The Morgan fingerprint density at radius 1 is 0.429 bits per heavy atom. The highest BCUT2D eigenvalue weighted by Crippen LogP contribution is 2.49. The molecule has 0 bridgehead atoms. The fraction of sp³-hybridized carbons (Fsp3) is 0. The second kappa shape index (κ2) is 11.2. The Labute approximate surface area is 287 Å². The van der Waals surface area contributed by atoms with E-state index in [1.807, 2.05) is 11.3 Å². The van der Waals surface area contributed by atoms with E-state index in [-0.39, 0.29) is 0 Å². The van der Waals surface area contributed by atoms with Crippen molar-refractivity contribution < 1.29 is 4.42 Å². The molecule has 0 spiro atoms. The first-order chi connectivity index (χ1) is 24.3. The maximum atomic E-state index is 6.73. The molecule has 0 fully saturated rings. The van der Waals surface area contributed by atoms with Gasteiger partial charge in [0.2, 0.25) is 0 Å². The van der Waals surface area contributed by atoms with Crippen LogP contribution >= 0.6 is 11.3 Å². The van der Waals surface area contributed by atoms with Gasteiger partial charge in [-0.05, 0) is 64.5 Å². The summed E-state index contributed by atoms with van der Waals surface area (Å²) in [5, 5.41) is 7.08. The minimum absolute atomic E-state index is 0.883. The van der Waals surface area contributed by atoms with Crippen LogP contribution in [0.4, 0.5) is 17.1 Å². The zero-order chi connectivity index (χ0) is 32.3. The van der Waals surface area contributed by atoms with Crippen molar-refractivity contribution >= 4 is 81.3 Å². The van der Waals surface area contributed by atoms with E-state index >= 15 is 0 Å². The number of benzene rings is 8. The zero-order valence-corrected chi connectivity index (χ0v) is 27.3. The third-order valence-corrected chi connectivity index (χ3v) is 10.9. The molecule has 0 saturated carbocycles. The summed E-state index contributed by atoms with van der Waals surface area (Å²) in [5.74, 6) is 0. The molecule has 0 unspecified atom stereocenters. The van der Waals surface area contributed by atoms with Crippen molar-refractivity contribution in [1.82, 2.24) is 0 Å². The van der Waals surface area contributed by atoms with Crippen LogP contribution in [0.3, 0.4) is 0 Å². The fourth-order valence-corrected chi connectivity index (χ4v) is 8.53. The van der Waals surface area contributed by atoms with Crippen LogP contribution in [-0.4, -0.2) is 0 Å². The highest BCUT2D eigenvalue weighted by atomic mass is 32.1. The Balaban J connectivity index is 1.29. The number of hydrogen-bond donors (Lipinski definition) is 0. The third kappa shape index (κ3) is 4.55. The van der Waals surface area contributed by atoms with E-state index in [1.165, 1.54) is 36.7 Å². The van der Waals surface area contributed by atoms with E-state index in [2.05, 4.69) is 181 Å². The average molecular weight is 644 g/mol. The summed E-state index contributed by atoms with van der Waals surface area (Å²) in [5.41, 5.74) is 9.81. The molecule has 10 aromatic rings. The molecule has 49 heavy (non-hydrogen) atoms. The van der Waals surface area contributed by atoms with Gasteiger partial charge in [-0.25, -0.2) is 0 Å². The molecule has 3 heteroatoms. The molecule has 2 heterocycles. The summed E-state index contributed by atoms with van der Waals surface area (Å²) in [7, 11) is 0. The molecule has 0 N–H and O–H groups in total. The monoisotopic (exact) mass is 643 g/mol. The van der Waals surface area contributed by atoms with Crippen molar-refractivity contribution in [2.24, 2.45) is 0 Å². The van der Waals surface area contributed by atoms with E-state index in [0.717, 1.165) is 55.5 Å². The van der Waals surface area contributed by atoms with Gasteiger partial charge >= 0.3 is 0 Å². The number of rotatable bonds is 5. The molecular weight excluding hydrogens is 615 g/mol. The molecule has 0 aliphatic heterocycles. The van der Waals surface area contributed by atoms with Crippen molar-refractivity contribution in [3.8, 4) is 22.3 Å². The van der Waals surface area contributed by atoms with Gasteiger partial charge in [0.05, 0.1) is 16.1 Å². The summed E-state index contributed by atoms with van der Waals surface area (Å²) in [6, 6.07) is 63.2. The molecule has 10 rings (SSSR count). The highest BCUT2D eigenvalue weighted by molar-refractivity contribution is 7.26. The van der Waals surface area contributed by atoms with Gasteiger partial charge in [-0.15, -0.1) is 11.3 Å². The van der Waals surface area contributed by atoms with Crippen molar-refractivity contribution in [2.45, 2.75) is 0 Å². The quantitative estimate of drug-likeness (QED) is 0.186. The average Bonchev–Trinajstić information content (AvgIpc) is 3.74. The van der Waals surface area contributed by atoms with Crippen molar-refractivity contribution in [3.05, 3.63) is 176 Å². The lowest BCUT2D eigenvalue weighted by atomic mass is 9.98. The third-order valence-electron chi connectivity index (χ3n) is 9.66. The lowest BCUT2D eigenvalue weighted by molar-refractivity contribution is 0.673. The molecule has 0 radical (unpaired) electrons. The first kappa shape index (κ1) is 27.9. The minimum Gasteiger partial charge on any atom is -0.455 e. The number of nitrogens with zero attached hydrogens (tertiary/aromatic N) is 1. The van der Waals surface area contributed by atoms with Crippen molar-refractivity contribution in [1.29, 1.82) is 0 Å². The van der Waals surface area contributed by atoms with Crippen LogP contribution in [0.5, 0.6) is 0 Å². The van der Waals surface area contributed by atoms with Crippen LogP contribution in [0.15, 0.2) is 180 Å². The van der Waals surface area contributed by atoms with Gasteiger partial charge in [0.25, 0.3) is 0 Å². The van der Waals surface area contributed by atoms with Crippen LogP contribution in [0.1, 0.15) is 0 Å². The fourth-order valence-electron chi connectivity index (χ4n) is 7.32. The SMILES string of the molecule is c1ccc(-c2ccc(N(c3cc4c(cc3-c3ccccc3)oc3c5ccccc5ccc43)c3cccc4c3sc3ccccc34)cc2)cc1. The first-order valence-electron chi connectivity index (χ1n) is 16.6. The standard InChI is InChI=1S/C46H29NOS/c1-3-12-30(13-4-1)31-22-25-34(26-23-31)47(41-20-11-19-38-36-18-9-10-21-44(36)49-46(38)41)42-28-40-37-27-24-33-16-7-8-17-35(33)45(37)48-43(40)29-39(42)32-14-5-2-6-15-32/h1-29H. The van der Waals surface area contributed by atoms with Gasteiger partial charge in [-0.1, -0.05) is 133 Å². The largest absolute Gasteiger partial charge is 0.455 e. The van der Waals surface area contributed by atoms with Crippen LogP contribution in [0.25, 0.3) is 75.1 Å². The number of fused-ring (bicyclic) bond motifs is 8. The topological polar surface area (TPSA) is 16.4 Å². The van der Waals surface area contributed by atoms with Gasteiger partial charge in [-0.3, -0.25) is 0 Å². The van der Waals surface area contributed by atoms with E-state index in [9.17, 15) is 0 Å². The summed E-state index contributed by atoms with van der Waals surface area (Å²) < 4.78 is 9.28. The zero-order valence-electron chi connectivity index (χ0n) is 26.5. The molecular formula is C46H29NOS. The molecule has 0 atom stereocenters. The summed E-state index contributed by atoms with van der Waals surface area (Å²) in [4.78, 5) is 2.45. The van der Waals surface area contributed by atoms with Crippen molar-refractivity contribution in [2.75, 3.05) is 4.90 Å². The Kier molecular flexibility index (Phi) is 6.39. The summed E-state index contributed by atoms with van der Waals surface area (Å²) in [6.45, 7) is 0. The minimum atomic E-state index is 0.883. The Morgan fingerprint density at radius 3 is 1.92 bits per heavy atom. The molecule has 0 aliphatic rings. The van der Waals surface area contributed by atoms with Gasteiger partial charge < -0.3 is 9.32 Å². The predicted octanol–water partition coefficient (Wildman–Crippen LogP) is 13.9. The molecule has 0 amide bonds. The van der Waals surface area contributed by atoms with E-state index in [0.29, 0.717) is 0 Å². The Morgan fingerprint density at radius 2 is 1.10 bits per heavy atom. The highest BCUT2D eigenvalue weighted by Gasteiger charge is 2.23. The van der Waals surface area contributed by atoms with Crippen LogP contribution < -0.4 is 4.90 Å². The predicted molar refractivity (Wildman–Crippen MR) is 210 cm³/mol. The number of thiophene rings is 1. The van der Waals surface area contributed by atoms with E-state index < -0.39 is 0 Å². The van der Waals surface area contributed by atoms with Crippen LogP contribution in [-0.2, 0) is 0 Å². The normalized spacial score (nSPS) is 11.7. The van der Waals surface area contributed by atoms with E-state index in [4.69, 9.17) is 4.42 Å². The Bertz CT molecular complexity index is 2810. The van der Waals surface area contributed by atoms with Gasteiger partial charge in [-0.2, -0.15) is 0 Å². The first-order valence-corrected chi connectivity index (χ1v) is 17.4. The van der Waals surface area contributed by atoms with Crippen LogP contribution in [0, 0.1) is 0 Å². The maximum absolute atomic E-state index is 6.73. The lowest BCUT2D eigenvalue weighted by Crippen LogP contribution is -2.11. The summed E-state index contributed by atoms with van der Waals surface area (Å²) in [6.07, 6.45) is 0. The Hall–Kier alpha value is -6.16. The van der Waals surface area contributed by atoms with Crippen LogP contribution in [0.2, 0.25) is 0 Å². The number of hydrogen-bond acceptors (Lipinski definition) is 3. The van der Waals surface area contributed by atoms with Gasteiger partial charge in [0.1, 0.15) is 11.2 Å². The van der Waals surface area contributed by atoms with Crippen molar-refractivity contribution in [3.63, 3.8) is 0 Å². The molecule has 8 aromatic carbocycles. The molecule has 2 aromatic heterocycles. The second-order valence-corrected chi connectivity index (χ2v) is 13.5. The smallest absolute Gasteiger partial charge is 0.143 e.